The fourth-order valence-electron chi connectivity index (χ4n) is 6.00. The molecule has 290 valence electrons. The largest absolute Gasteiger partial charge is 0.391 e. The summed E-state index contributed by atoms with van der Waals surface area (Å²) in [5.74, 6) is 0.841. The molecule has 49 heavy (non-hydrogen) atoms. The lowest BCUT2D eigenvalue weighted by atomic mass is 9.75. The Labute approximate surface area is 308 Å². The third kappa shape index (κ3) is 33.2. The third-order valence-electron chi connectivity index (χ3n) is 9.48. The van der Waals surface area contributed by atoms with Crippen LogP contribution in [0.15, 0.2) is 35.6 Å². The van der Waals surface area contributed by atoms with E-state index in [1.807, 2.05) is 27.2 Å². The van der Waals surface area contributed by atoms with Crippen LogP contribution in [0.5, 0.6) is 0 Å². The van der Waals surface area contributed by atoms with Crippen molar-refractivity contribution in [2.45, 2.75) is 202 Å². The van der Waals surface area contributed by atoms with Gasteiger partial charge in [-0.15, -0.1) is 0 Å². The molecule has 2 aliphatic carbocycles. The molecule has 0 heterocycles. The van der Waals surface area contributed by atoms with Crippen LogP contribution in [-0.2, 0) is 0 Å². The number of rotatable bonds is 21. The van der Waals surface area contributed by atoms with Gasteiger partial charge in [-0.2, -0.15) is 0 Å². The smallest absolute Gasteiger partial charge is 0.0559 e. The molecule has 0 spiro atoms. The van der Waals surface area contributed by atoms with Crippen molar-refractivity contribution in [3.63, 3.8) is 0 Å². The lowest BCUT2D eigenvalue weighted by Gasteiger charge is -2.37. The average molecular weight is 688 g/mol. The van der Waals surface area contributed by atoms with E-state index in [0.29, 0.717) is 0 Å². The first kappa shape index (κ1) is 51.6. The Bertz CT molecular complexity index is 789. The second-order valence-corrected chi connectivity index (χ2v) is 14.0. The highest BCUT2D eigenvalue weighted by Crippen LogP contribution is 2.33. The summed E-state index contributed by atoms with van der Waals surface area (Å²) < 4.78 is 0. The average Bonchev–Trinajstić information content (AvgIpc) is 3.12. The molecular weight excluding hydrogens is 599 g/mol. The van der Waals surface area contributed by atoms with Crippen LogP contribution in [0.4, 0.5) is 0 Å². The molecule has 0 aromatic carbocycles. The van der Waals surface area contributed by atoms with E-state index < -0.39 is 0 Å². The van der Waals surface area contributed by atoms with Crippen molar-refractivity contribution in [1.82, 2.24) is 16.0 Å². The highest BCUT2D eigenvalue weighted by molar-refractivity contribution is 5.88. The summed E-state index contributed by atoms with van der Waals surface area (Å²) in [5.41, 5.74) is 3.94. The Morgan fingerprint density at radius 3 is 1.80 bits per heavy atom. The first-order valence-corrected chi connectivity index (χ1v) is 20.9. The monoisotopic (exact) mass is 688 g/mol. The van der Waals surface area contributed by atoms with Crippen LogP contribution in [0, 0.1) is 16.7 Å². The van der Waals surface area contributed by atoms with Crippen molar-refractivity contribution < 1.29 is 0 Å². The van der Waals surface area contributed by atoms with Gasteiger partial charge in [0.2, 0.25) is 0 Å². The lowest BCUT2D eigenvalue weighted by Crippen LogP contribution is -2.50. The van der Waals surface area contributed by atoms with E-state index in [9.17, 15) is 0 Å². The van der Waals surface area contributed by atoms with Crippen molar-refractivity contribution in [1.29, 1.82) is 10.8 Å². The Kier molecular flexibility index (Phi) is 42.9. The molecule has 0 aromatic rings. The molecule has 1 saturated carbocycles. The molecule has 2 rings (SSSR count). The molecule has 0 amide bonds. The van der Waals surface area contributed by atoms with Gasteiger partial charge in [0.25, 0.3) is 0 Å². The quantitative estimate of drug-likeness (QED) is 0.0615. The van der Waals surface area contributed by atoms with E-state index in [-0.39, 0.29) is 5.54 Å². The van der Waals surface area contributed by atoms with Crippen molar-refractivity contribution in [2.75, 3.05) is 27.2 Å². The van der Waals surface area contributed by atoms with Crippen LogP contribution < -0.4 is 16.0 Å². The van der Waals surface area contributed by atoms with Gasteiger partial charge in [-0.1, -0.05) is 168 Å². The third-order valence-corrected chi connectivity index (χ3v) is 9.48. The predicted molar refractivity (Wildman–Crippen MR) is 226 cm³/mol. The van der Waals surface area contributed by atoms with E-state index in [4.69, 9.17) is 10.8 Å². The molecule has 0 radical (unpaired) electrons. The summed E-state index contributed by atoms with van der Waals surface area (Å²) in [4.78, 5) is 0. The first-order chi connectivity index (χ1) is 23.7. The molecule has 0 aromatic heterocycles. The SMILES string of the molecule is CC/C=C/NCCCC.CCC1=CC=C(CNC)CC1.CCCC=N.CCCCC(CC1CCCCC1)(NC)C(C)=N.CCCCCCC. The summed E-state index contributed by atoms with van der Waals surface area (Å²) in [5, 5.41) is 24.5. The van der Waals surface area contributed by atoms with Gasteiger partial charge >= 0.3 is 0 Å². The van der Waals surface area contributed by atoms with Gasteiger partial charge in [-0.25, -0.2) is 0 Å². The molecule has 1 unspecified atom stereocenters. The van der Waals surface area contributed by atoms with Crippen LogP contribution in [0.3, 0.4) is 0 Å². The van der Waals surface area contributed by atoms with Gasteiger partial charge in [0, 0.05) is 18.8 Å². The summed E-state index contributed by atoms with van der Waals surface area (Å²) in [6.07, 6.45) is 38.3. The molecular formula is C44H89N5. The number of hydrogen-bond donors (Lipinski definition) is 5. The van der Waals surface area contributed by atoms with E-state index >= 15 is 0 Å². The van der Waals surface area contributed by atoms with Crippen molar-refractivity contribution in [2.24, 2.45) is 5.92 Å². The maximum Gasteiger partial charge on any atom is 0.0559 e. The number of allylic oxidation sites excluding steroid dienone is 4. The van der Waals surface area contributed by atoms with Gasteiger partial charge in [0.15, 0.2) is 0 Å². The lowest BCUT2D eigenvalue weighted by molar-refractivity contribution is 0.262. The van der Waals surface area contributed by atoms with Crippen molar-refractivity contribution in [3.8, 4) is 0 Å². The molecule has 5 heteroatoms. The highest BCUT2D eigenvalue weighted by Gasteiger charge is 2.33. The molecule has 5 N–H and O–H groups in total. The zero-order valence-electron chi connectivity index (χ0n) is 34.9. The zero-order chi connectivity index (χ0) is 37.4. The highest BCUT2D eigenvalue weighted by atomic mass is 15.0. The van der Waals surface area contributed by atoms with E-state index in [2.05, 4.69) is 82.6 Å². The zero-order valence-corrected chi connectivity index (χ0v) is 34.9. The summed E-state index contributed by atoms with van der Waals surface area (Å²) >= 11 is 0. The van der Waals surface area contributed by atoms with Crippen LogP contribution >= 0.6 is 0 Å². The number of hydrogen-bond acceptors (Lipinski definition) is 5. The Morgan fingerprint density at radius 1 is 0.796 bits per heavy atom. The molecule has 1 atom stereocenters. The first-order valence-electron chi connectivity index (χ1n) is 20.9. The number of likely N-dealkylation sites (N-methyl/N-ethyl adjacent to an activating group) is 1. The van der Waals surface area contributed by atoms with Gasteiger partial charge in [0.1, 0.15) is 0 Å². The predicted octanol–water partition coefficient (Wildman–Crippen LogP) is 13.1. The van der Waals surface area contributed by atoms with Crippen molar-refractivity contribution in [3.05, 3.63) is 35.6 Å². The van der Waals surface area contributed by atoms with Crippen LogP contribution in [-0.4, -0.2) is 44.7 Å². The van der Waals surface area contributed by atoms with Crippen molar-refractivity contribution >= 4 is 11.9 Å². The van der Waals surface area contributed by atoms with E-state index in [1.54, 1.807) is 5.57 Å². The van der Waals surface area contributed by atoms with E-state index in [0.717, 1.165) is 50.4 Å². The van der Waals surface area contributed by atoms with Gasteiger partial charge in [-0.05, 0) is 90.7 Å². The second kappa shape index (κ2) is 40.7. The van der Waals surface area contributed by atoms with Crippen LogP contribution in [0.1, 0.15) is 197 Å². The Hall–Kier alpha value is -1.72. The van der Waals surface area contributed by atoms with Gasteiger partial charge < -0.3 is 26.8 Å². The molecule has 0 saturated heterocycles. The second-order valence-electron chi connectivity index (χ2n) is 14.0. The fourth-order valence-corrected chi connectivity index (χ4v) is 6.00. The Balaban J connectivity index is -0.000000577. The van der Waals surface area contributed by atoms with E-state index in [1.165, 1.54) is 127 Å². The van der Waals surface area contributed by atoms with Crippen LogP contribution in [0.25, 0.3) is 0 Å². The number of nitrogens with one attached hydrogen (secondary N) is 5. The minimum atomic E-state index is -0.0159. The number of unbranched alkanes of at least 4 members (excludes halogenated alkanes) is 7. The summed E-state index contributed by atoms with van der Waals surface area (Å²) in [6.45, 7) is 19.5. The topological polar surface area (TPSA) is 83.8 Å². The molecule has 0 aliphatic heterocycles. The minimum absolute atomic E-state index is 0.0159. The maximum atomic E-state index is 8.13. The van der Waals surface area contributed by atoms with Gasteiger partial charge in [0.05, 0.1) is 5.54 Å². The Morgan fingerprint density at radius 2 is 1.39 bits per heavy atom. The molecule has 5 nitrogen and oxygen atoms in total. The minimum Gasteiger partial charge on any atom is -0.391 e. The molecule has 0 bridgehead atoms. The summed E-state index contributed by atoms with van der Waals surface area (Å²) in [6, 6.07) is 0. The van der Waals surface area contributed by atoms with Crippen LogP contribution in [0.2, 0.25) is 0 Å². The molecule has 1 fully saturated rings. The fraction of sp³-hybridized carbons (Fsp3) is 0.818. The maximum absolute atomic E-state index is 8.13. The molecule has 2 aliphatic rings. The normalized spacial score (nSPS) is 15.3. The van der Waals surface area contributed by atoms with Gasteiger partial charge in [-0.3, -0.25) is 0 Å². The standard InChI is InChI=1S/C15H30N2.C10H17N.C8H17N.C7H16.C4H9N/c1-4-5-11-15(17-3,13(2)16)12-14-9-7-6-8-10-14;1-3-9-4-6-10(7-5-9)8-11-2;1-3-5-7-9-8-6-4-2;1-3-5-7-6-4-2;1-2-3-4-5/h14,16-17H,4-12H2,1-3H3;4,6,11H,3,5,7-8H2,1-2H3;5,7,9H,3-4,6,8H2,1-2H3;3-7H2,1-2H3;4-5H,2-3H2,1H3/b;;7-5+;;. The summed E-state index contributed by atoms with van der Waals surface area (Å²) in [7, 11) is 4.04.